The number of hydrogen-bond donors (Lipinski definition) is 1. The highest BCUT2D eigenvalue weighted by molar-refractivity contribution is 5.98. The Morgan fingerprint density at radius 1 is 1.07 bits per heavy atom. The van der Waals surface area contributed by atoms with Gasteiger partial charge in [0.1, 0.15) is 24.3 Å². The quantitative estimate of drug-likeness (QED) is 0.731. The Balaban J connectivity index is 0.00000205. The van der Waals surface area contributed by atoms with Gasteiger partial charge >= 0.3 is 0 Å². The Hall–Kier alpha value is -2.95. The molecule has 2 heterocycles. The van der Waals surface area contributed by atoms with E-state index < -0.39 is 0 Å². The lowest BCUT2D eigenvalue weighted by molar-refractivity contribution is -0.689. The Morgan fingerprint density at radius 3 is 2.69 bits per heavy atom. The van der Waals surface area contributed by atoms with Crippen LogP contribution in [0.1, 0.15) is 24.0 Å². The van der Waals surface area contributed by atoms with Gasteiger partial charge < -0.3 is 17.1 Å². The van der Waals surface area contributed by atoms with E-state index in [1.54, 1.807) is 0 Å². The molecule has 0 amide bonds. The standard InChI is InChI=1S/C24H21N3O.ClH/c1-17-12-20(13-17)23-22-15-25-10-11-27(22)24(26-23)19-8-5-9-21(14-19)28-16-18-6-3-2-4-7-18;/h2-11,14-15,20H,1,12-13,16H2;1H. The van der Waals surface area contributed by atoms with Crippen LogP contribution in [0.2, 0.25) is 0 Å². The number of rotatable bonds is 5. The number of nitrogens with one attached hydrogen (secondary N) is 1. The first kappa shape index (κ1) is 19.4. The van der Waals surface area contributed by atoms with Crippen molar-refractivity contribution in [2.24, 2.45) is 15.9 Å². The molecule has 0 aromatic heterocycles. The van der Waals surface area contributed by atoms with Gasteiger partial charge in [-0.15, -0.1) is 0 Å². The van der Waals surface area contributed by atoms with Crippen molar-refractivity contribution in [3.8, 4) is 5.75 Å². The van der Waals surface area contributed by atoms with Crippen molar-refractivity contribution < 1.29 is 22.0 Å². The second-order valence-corrected chi connectivity index (χ2v) is 7.42. The van der Waals surface area contributed by atoms with E-state index in [1.165, 1.54) is 5.57 Å². The van der Waals surface area contributed by atoms with Crippen molar-refractivity contribution >= 4 is 12.1 Å². The third kappa shape index (κ3) is 3.82. The van der Waals surface area contributed by atoms with Crippen molar-refractivity contribution in [2.75, 3.05) is 0 Å². The second-order valence-electron chi connectivity index (χ2n) is 7.42. The number of ether oxygens (including phenoxy) is 1. The average Bonchev–Trinajstić information content (AvgIpc) is 3.10. The first-order valence-electron chi connectivity index (χ1n) is 9.62. The van der Waals surface area contributed by atoms with Crippen molar-refractivity contribution in [3.05, 3.63) is 102 Å². The van der Waals surface area contributed by atoms with E-state index >= 15 is 0 Å². The zero-order chi connectivity index (χ0) is 18.9. The minimum Gasteiger partial charge on any atom is -1.00 e. The van der Waals surface area contributed by atoms with Crippen LogP contribution < -0.4 is 22.0 Å². The number of quaternary nitrogens is 1. The highest BCUT2D eigenvalue weighted by Crippen LogP contribution is 2.39. The maximum absolute atomic E-state index is 6.02. The summed E-state index contributed by atoms with van der Waals surface area (Å²) in [6.45, 7) is 4.63. The Labute approximate surface area is 177 Å². The fraction of sp³-hybridized carbons (Fsp3) is 0.167. The average molecular weight is 404 g/mol. The molecule has 1 N–H and O–H groups in total. The van der Waals surface area contributed by atoms with Crippen LogP contribution in [0.15, 0.2) is 101 Å². The van der Waals surface area contributed by atoms with Gasteiger partial charge in [0.25, 0.3) is 0 Å². The van der Waals surface area contributed by atoms with Crippen LogP contribution in [0.4, 0.5) is 0 Å². The first-order chi connectivity index (χ1) is 13.8. The molecule has 146 valence electrons. The van der Waals surface area contributed by atoms with E-state index in [-0.39, 0.29) is 12.4 Å². The smallest absolute Gasteiger partial charge is 0.243 e. The summed E-state index contributed by atoms with van der Waals surface area (Å²) in [5.41, 5.74) is 5.85. The van der Waals surface area contributed by atoms with Gasteiger partial charge in [-0.25, -0.2) is 4.90 Å². The van der Waals surface area contributed by atoms with Gasteiger partial charge in [0.2, 0.25) is 5.84 Å². The van der Waals surface area contributed by atoms with Gasteiger partial charge in [0.05, 0.1) is 18.0 Å². The lowest BCUT2D eigenvalue weighted by atomic mass is 9.78. The fourth-order valence-electron chi connectivity index (χ4n) is 3.88. The zero-order valence-corrected chi connectivity index (χ0v) is 16.8. The molecule has 0 radical (unpaired) electrons. The summed E-state index contributed by atoms with van der Waals surface area (Å²) in [6.07, 6.45) is 7.90. The highest BCUT2D eigenvalue weighted by Gasteiger charge is 2.39. The number of fused-ring (bicyclic) bond motifs is 1. The minimum atomic E-state index is 0. The molecule has 1 atom stereocenters. The summed E-state index contributed by atoms with van der Waals surface area (Å²) in [7, 11) is 0. The van der Waals surface area contributed by atoms with Crippen LogP contribution in [0.3, 0.4) is 0 Å². The molecule has 0 spiro atoms. The Morgan fingerprint density at radius 2 is 1.90 bits per heavy atom. The lowest BCUT2D eigenvalue weighted by Crippen LogP contribution is -3.08. The van der Waals surface area contributed by atoms with Crippen molar-refractivity contribution in [3.63, 3.8) is 0 Å². The molecule has 1 unspecified atom stereocenters. The van der Waals surface area contributed by atoms with Gasteiger partial charge in [-0.3, -0.25) is 4.99 Å². The summed E-state index contributed by atoms with van der Waals surface area (Å²) >= 11 is 0. The molecule has 5 heteroatoms. The van der Waals surface area contributed by atoms with Gasteiger partial charge in [-0.2, -0.15) is 4.99 Å². The number of hydrogen-bond acceptors (Lipinski definition) is 3. The number of halogens is 1. The molecule has 1 saturated carbocycles. The molecular weight excluding hydrogens is 382 g/mol. The van der Waals surface area contributed by atoms with Crippen LogP contribution in [-0.2, 0) is 6.61 Å². The maximum atomic E-state index is 6.02. The molecule has 29 heavy (non-hydrogen) atoms. The van der Waals surface area contributed by atoms with Crippen LogP contribution in [0, 0.1) is 5.92 Å². The van der Waals surface area contributed by atoms with E-state index in [9.17, 15) is 0 Å². The van der Waals surface area contributed by atoms with Crippen LogP contribution in [0.5, 0.6) is 5.75 Å². The predicted molar refractivity (Wildman–Crippen MR) is 111 cm³/mol. The highest BCUT2D eigenvalue weighted by atomic mass is 35.5. The molecule has 1 fully saturated rings. The Kier molecular flexibility index (Phi) is 5.47. The van der Waals surface area contributed by atoms with Crippen LogP contribution in [-0.4, -0.2) is 12.1 Å². The predicted octanol–water partition coefficient (Wildman–Crippen LogP) is 0.648. The SMILES string of the molecule is C=C1CC(C2=C3C=NC=C[NH+]3C(c3cccc(OCc4ccccc4)c3)=N2)C1.[Cl-]. The number of allylic oxidation sites excluding steroid dienone is 3. The summed E-state index contributed by atoms with van der Waals surface area (Å²) < 4.78 is 6.02. The van der Waals surface area contributed by atoms with Crippen molar-refractivity contribution in [1.82, 2.24) is 0 Å². The van der Waals surface area contributed by atoms with E-state index in [1.807, 2.05) is 42.7 Å². The van der Waals surface area contributed by atoms with E-state index in [0.29, 0.717) is 12.5 Å². The molecule has 2 aromatic rings. The van der Waals surface area contributed by atoms with Crippen LogP contribution in [0.25, 0.3) is 0 Å². The molecule has 3 aliphatic rings. The van der Waals surface area contributed by atoms with Crippen molar-refractivity contribution in [1.29, 1.82) is 0 Å². The minimum absolute atomic E-state index is 0. The van der Waals surface area contributed by atoms with Gasteiger partial charge in [0.15, 0.2) is 5.70 Å². The summed E-state index contributed by atoms with van der Waals surface area (Å²) in [4.78, 5) is 10.5. The molecular formula is C24H22ClN3O. The summed E-state index contributed by atoms with van der Waals surface area (Å²) in [6, 6.07) is 18.4. The van der Waals surface area contributed by atoms with Crippen LogP contribution >= 0.6 is 0 Å². The normalized spacial score (nSPS) is 20.1. The monoisotopic (exact) mass is 403 g/mol. The fourth-order valence-corrected chi connectivity index (χ4v) is 3.88. The second kappa shape index (κ2) is 8.19. The summed E-state index contributed by atoms with van der Waals surface area (Å²) in [5, 5.41) is 0. The molecule has 1 aliphatic carbocycles. The molecule has 0 bridgehead atoms. The maximum Gasteiger partial charge on any atom is 0.243 e. The molecule has 2 aliphatic heterocycles. The molecule has 5 rings (SSSR count). The van der Waals surface area contributed by atoms with Gasteiger partial charge in [-0.05, 0) is 36.6 Å². The largest absolute Gasteiger partial charge is 1.00 e. The van der Waals surface area contributed by atoms with E-state index in [4.69, 9.17) is 9.73 Å². The van der Waals surface area contributed by atoms with Gasteiger partial charge in [0, 0.05) is 5.92 Å². The zero-order valence-electron chi connectivity index (χ0n) is 16.0. The third-order valence-electron chi connectivity index (χ3n) is 5.40. The topological polar surface area (TPSA) is 38.4 Å². The summed E-state index contributed by atoms with van der Waals surface area (Å²) in [5.74, 6) is 2.32. The number of benzene rings is 2. The van der Waals surface area contributed by atoms with E-state index in [2.05, 4.69) is 42.0 Å². The molecule has 4 nitrogen and oxygen atoms in total. The van der Waals surface area contributed by atoms with Gasteiger partial charge in [-0.1, -0.05) is 48.6 Å². The van der Waals surface area contributed by atoms with E-state index in [0.717, 1.165) is 51.8 Å². The number of amidine groups is 1. The van der Waals surface area contributed by atoms with Crippen molar-refractivity contribution in [2.45, 2.75) is 19.4 Å². The lowest BCUT2D eigenvalue weighted by Gasteiger charge is -2.27. The molecule has 0 saturated heterocycles. The number of nitrogens with zero attached hydrogens (tertiary/aromatic N) is 2. The third-order valence-corrected chi connectivity index (χ3v) is 5.40. The first-order valence-corrected chi connectivity index (χ1v) is 9.62. The number of aliphatic imine (C=N–C) groups is 2. The molecule has 2 aromatic carbocycles. The Bertz CT molecular complexity index is 1040.